The average Bonchev–Trinajstić information content (AvgIpc) is 2.16. The summed E-state index contributed by atoms with van der Waals surface area (Å²) in [6.45, 7) is 6.60. The number of carbonyl (C=O) groups is 1. The molecule has 4 heteroatoms. The van der Waals surface area contributed by atoms with Crippen LogP contribution in [0.2, 0.25) is 0 Å². The maximum Gasteiger partial charge on any atom is 0.237 e. The van der Waals surface area contributed by atoms with E-state index >= 15 is 0 Å². The van der Waals surface area contributed by atoms with Gasteiger partial charge in [-0.05, 0) is 40.0 Å². The van der Waals surface area contributed by atoms with Gasteiger partial charge < -0.3 is 15.4 Å². The first-order valence-corrected chi connectivity index (χ1v) is 6.01. The number of hydrogen-bond acceptors (Lipinski definition) is 3. The highest BCUT2D eigenvalue weighted by Gasteiger charge is 2.28. The van der Waals surface area contributed by atoms with Crippen molar-refractivity contribution in [3.05, 3.63) is 0 Å². The van der Waals surface area contributed by atoms with Gasteiger partial charge in [0.1, 0.15) is 0 Å². The van der Waals surface area contributed by atoms with E-state index in [1.807, 2.05) is 13.8 Å². The molecule has 1 aliphatic heterocycles. The van der Waals surface area contributed by atoms with E-state index in [2.05, 4.69) is 17.6 Å². The van der Waals surface area contributed by atoms with Crippen molar-refractivity contribution in [3.8, 4) is 0 Å². The van der Waals surface area contributed by atoms with Crippen molar-refractivity contribution < 1.29 is 9.53 Å². The third kappa shape index (κ3) is 4.10. The monoisotopic (exact) mass is 228 g/mol. The zero-order chi connectivity index (χ0) is 12.2. The Labute approximate surface area is 98.1 Å². The van der Waals surface area contributed by atoms with E-state index in [0.29, 0.717) is 12.6 Å². The summed E-state index contributed by atoms with van der Waals surface area (Å²) >= 11 is 0. The Morgan fingerprint density at radius 2 is 2.19 bits per heavy atom. The Balaban J connectivity index is 2.45. The van der Waals surface area contributed by atoms with Crippen molar-refractivity contribution in [2.75, 3.05) is 13.7 Å². The van der Waals surface area contributed by atoms with Gasteiger partial charge >= 0.3 is 0 Å². The lowest BCUT2D eigenvalue weighted by atomic mass is 9.98. The lowest BCUT2D eigenvalue weighted by Gasteiger charge is -2.32. The molecule has 0 aromatic heterocycles. The van der Waals surface area contributed by atoms with Gasteiger partial charge in [0, 0.05) is 13.2 Å². The summed E-state index contributed by atoms with van der Waals surface area (Å²) in [6.07, 6.45) is 3.21. The molecule has 1 amide bonds. The van der Waals surface area contributed by atoms with Crippen LogP contribution in [0.25, 0.3) is 0 Å². The molecule has 4 nitrogen and oxygen atoms in total. The topological polar surface area (TPSA) is 50.4 Å². The van der Waals surface area contributed by atoms with Gasteiger partial charge in [-0.25, -0.2) is 0 Å². The third-order valence-corrected chi connectivity index (χ3v) is 2.90. The van der Waals surface area contributed by atoms with Crippen molar-refractivity contribution in [1.82, 2.24) is 10.6 Å². The van der Waals surface area contributed by atoms with E-state index in [4.69, 9.17) is 4.74 Å². The average molecular weight is 228 g/mol. The molecule has 94 valence electrons. The highest BCUT2D eigenvalue weighted by molar-refractivity contribution is 5.82. The summed E-state index contributed by atoms with van der Waals surface area (Å²) in [5.41, 5.74) is -0.297. The van der Waals surface area contributed by atoms with Crippen LogP contribution in [0.4, 0.5) is 0 Å². The molecule has 0 aliphatic carbocycles. The van der Waals surface area contributed by atoms with Crippen LogP contribution in [0.15, 0.2) is 0 Å². The number of hydrogen-bond donors (Lipinski definition) is 2. The van der Waals surface area contributed by atoms with E-state index in [1.54, 1.807) is 7.11 Å². The molecule has 1 heterocycles. The normalized spacial score (nSPS) is 26.5. The first kappa shape index (κ1) is 13.5. The fraction of sp³-hybridized carbons (Fsp3) is 0.917. The number of methoxy groups -OCH3 is 1. The summed E-state index contributed by atoms with van der Waals surface area (Å²) in [5, 5.41) is 6.35. The van der Waals surface area contributed by atoms with Crippen molar-refractivity contribution >= 4 is 5.91 Å². The maximum absolute atomic E-state index is 12.0. The molecule has 1 saturated heterocycles. The van der Waals surface area contributed by atoms with E-state index < -0.39 is 0 Å². The van der Waals surface area contributed by atoms with Crippen LogP contribution < -0.4 is 10.6 Å². The number of carbonyl (C=O) groups excluding carboxylic acids is 1. The van der Waals surface area contributed by atoms with Crippen molar-refractivity contribution in [2.24, 2.45) is 0 Å². The third-order valence-electron chi connectivity index (χ3n) is 2.90. The molecule has 2 N–H and O–H groups in total. The Hall–Kier alpha value is -0.610. The van der Waals surface area contributed by atoms with Crippen molar-refractivity contribution in [3.63, 3.8) is 0 Å². The summed E-state index contributed by atoms with van der Waals surface area (Å²) in [6, 6.07) is 0.398. The molecule has 0 saturated carbocycles. The van der Waals surface area contributed by atoms with E-state index in [9.17, 15) is 4.79 Å². The number of ether oxygens (including phenoxy) is 1. The molecular weight excluding hydrogens is 204 g/mol. The minimum atomic E-state index is -0.297. The largest absolute Gasteiger partial charge is 0.382 e. The van der Waals surface area contributed by atoms with Gasteiger partial charge in [-0.2, -0.15) is 0 Å². The molecule has 0 aromatic rings. The fourth-order valence-corrected chi connectivity index (χ4v) is 2.16. The zero-order valence-electron chi connectivity index (χ0n) is 10.8. The van der Waals surface area contributed by atoms with Gasteiger partial charge in [0.15, 0.2) is 0 Å². The van der Waals surface area contributed by atoms with Crippen LogP contribution in [0, 0.1) is 0 Å². The molecule has 0 bridgehead atoms. The molecule has 0 aromatic carbocycles. The second-order valence-corrected chi connectivity index (χ2v) is 5.36. The predicted molar refractivity (Wildman–Crippen MR) is 64.3 cm³/mol. The SMILES string of the molecule is COCC(C)(C)NC(=O)C1CCCC(C)N1. The summed E-state index contributed by atoms with van der Waals surface area (Å²) in [7, 11) is 1.65. The lowest BCUT2D eigenvalue weighted by Crippen LogP contribution is -2.56. The Morgan fingerprint density at radius 3 is 2.75 bits per heavy atom. The van der Waals surface area contributed by atoms with Crippen LogP contribution in [-0.2, 0) is 9.53 Å². The van der Waals surface area contributed by atoms with Crippen LogP contribution in [0.3, 0.4) is 0 Å². The first-order chi connectivity index (χ1) is 7.44. The summed E-state index contributed by atoms with van der Waals surface area (Å²) in [5.74, 6) is 0.0913. The molecule has 1 aliphatic rings. The number of rotatable bonds is 4. The van der Waals surface area contributed by atoms with Crippen molar-refractivity contribution in [2.45, 2.75) is 57.7 Å². The van der Waals surface area contributed by atoms with Gasteiger partial charge in [0.25, 0.3) is 0 Å². The van der Waals surface area contributed by atoms with Gasteiger partial charge in [-0.1, -0.05) is 0 Å². The highest BCUT2D eigenvalue weighted by Crippen LogP contribution is 2.13. The second-order valence-electron chi connectivity index (χ2n) is 5.36. The van der Waals surface area contributed by atoms with Gasteiger partial charge in [-0.3, -0.25) is 4.79 Å². The van der Waals surface area contributed by atoms with Gasteiger partial charge in [0.05, 0.1) is 18.2 Å². The first-order valence-electron chi connectivity index (χ1n) is 6.01. The lowest BCUT2D eigenvalue weighted by molar-refractivity contribution is -0.126. The number of nitrogens with one attached hydrogen (secondary N) is 2. The number of amides is 1. The molecule has 2 unspecified atom stereocenters. The zero-order valence-corrected chi connectivity index (χ0v) is 10.8. The molecule has 2 atom stereocenters. The Bertz CT molecular complexity index is 241. The summed E-state index contributed by atoms with van der Waals surface area (Å²) < 4.78 is 5.08. The van der Waals surface area contributed by atoms with Gasteiger partial charge in [0.2, 0.25) is 5.91 Å². The molecule has 1 rings (SSSR count). The Kier molecular flexibility index (Phi) is 4.74. The smallest absolute Gasteiger partial charge is 0.237 e. The molecule has 0 spiro atoms. The van der Waals surface area contributed by atoms with E-state index in [1.165, 1.54) is 0 Å². The molecule has 1 fully saturated rings. The Morgan fingerprint density at radius 1 is 1.50 bits per heavy atom. The predicted octanol–water partition coefficient (Wildman–Crippen LogP) is 1.06. The fourth-order valence-electron chi connectivity index (χ4n) is 2.16. The standard InChI is InChI=1S/C12H24N2O2/c1-9-6-5-7-10(13-9)11(15)14-12(2,3)8-16-4/h9-10,13H,5-8H2,1-4H3,(H,14,15). The van der Waals surface area contributed by atoms with Gasteiger partial charge in [-0.15, -0.1) is 0 Å². The summed E-state index contributed by atoms with van der Waals surface area (Å²) in [4.78, 5) is 12.0. The van der Waals surface area contributed by atoms with Crippen LogP contribution in [0.5, 0.6) is 0 Å². The van der Waals surface area contributed by atoms with Crippen molar-refractivity contribution in [1.29, 1.82) is 0 Å². The van der Waals surface area contributed by atoms with E-state index in [0.717, 1.165) is 19.3 Å². The molecule has 16 heavy (non-hydrogen) atoms. The minimum absolute atomic E-state index is 0.0418. The van der Waals surface area contributed by atoms with E-state index in [-0.39, 0.29) is 17.5 Å². The van der Waals surface area contributed by atoms with Crippen LogP contribution in [0.1, 0.15) is 40.0 Å². The second kappa shape index (κ2) is 5.64. The minimum Gasteiger partial charge on any atom is -0.382 e. The molecule has 0 radical (unpaired) electrons. The highest BCUT2D eigenvalue weighted by atomic mass is 16.5. The number of piperidine rings is 1. The quantitative estimate of drug-likeness (QED) is 0.756. The molecular formula is C12H24N2O2. The van der Waals surface area contributed by atoms with Crippen LogP contribution in [-0.4, -0.2) is 37.2 Å². The van der Waals surface area contributed by atoms with Crippen LogP contribution >= 0.6 is 0 Å². The maximum atomic E-state index is 12.0.